The number of aromatic nitrogens is 1. The van der Waals surface area contributed by atoms with Gasteiger partial charge in [0.1, 0.15) is 0 Å². The number of benzene rings is 1. The largest absolute Gasteiger partial charge is 0.326 e. The summed E-state index contributed by atoms with van der Waals surface area (Å²) >= 11 is 11.9. The van der Waals surface area contributed by atoms with Crippen molar-refractivity contribution in [2.24, 2.45) is 0 Å². The van der Waals surface area contributed by atoms with E-state index in [0.29, 0.717) is 21.2 Å². The van der Waals surface area contributed by atoms with E-state index < -0.39 is 0 Å². The summed E-state index contributed by atoms with van der Waals surface area (Å²) in [7, 11) is 0. The van der Waals surface area contributed by atoms with Crippen molar-refractivity contribution in [3.63, 3.8) is 0 Å². The van der Waals surface area contributed by atoms with Crippen LogP contribution < -0.4 is 5.56 Å². The molecule has 0 spiro atoms. The third-order valence-corrected chi connectivity index (χ3v) is 2.84. The maximum Gasteiger partial charge on any atom is 0.256 e. The minimum absolute atomic E-state index is 0.163. The first kappa shape index (κ1) is 11.2. The Bertz CT molecular complexity index is 590. The van der Waals surface area contributed by atoms with Gasteiger partial charge in [0.05, 0.1) is 0 Å². The number of aromatic amines is 1. The number of rotatable bonds is 1. The van der Waals surface area contributed by atoms with Crippen molar-refractivity contribution in [3.05, 3.63) is 56.4 Å². The normalized spacial score (nSPS) is 10.4. The lowest BCUT2D eigenvalue weighted by Gasteiger charge is -2.04. The van der Waals surface area contributed by atoms with E-state index in [1.165, 1.54) is 0 Å². The van der Waals surface area contributed by atoms with Crippen LogP contribution in [0.25, 0.3) is 11.1 Å². The fourth-order valence-corrected chi connectivity index (χ4v) is 1.88. The van der Waals surface area contributed by atoms with Crippen LogP contribution >= 0.6 is 23.2 Å². The summed E-state index contributed by atoms with van der Waals surface area (Å²) in [5, 5.41) is 1.07. The lowest BCUT2D eigenvalue weighted by molar-refractivity contribution is 1.15. The Morgan fingerprint density at radius 2 is 1.81 bits per heavy atom. The molecule has 0 unspecified atom stereocenters. The number of hydrogen-bond donors (Lipinski definition) is 1. The Morgan fingerprint density at radius 1 is 1.06 bits per heavy atom. The first-order valence-electron chi connectivity index (χ1n) is 4.73. The molecule has 2 nitrogen and oxygen atoms in total. The molecule has 0 saturated heterocycles. The van der Waals surface area contributed by atoms with E-state index in [-0.39, 0.29) is 5.56 Å². The lowest BCUT2D eigenvalue weighted by atomic mass is 10.1. The van der Waals surface area contributed by atoms with E-state index in [0.717, 1.165) is 5.69 Å². The Hall–Kier alpha value is -1.25. The smallest absolute Gasteiger partial charge is 0.256 e. The quantitative estimate of drug-likeness (QED) is 0.827. The first-order chi connectivity index (χ1) is 7.58. The fourth-order valence-electron chi connectivity index (χ4n) is 1.49. The van der Waals surface area contributed by atoms with E-state index in [1.807, 2.05) is 13.0 Å². The molecule has 0 fully saturated rings. The van der Waals surface area contributed by atoms with Gasteiger partial charge in [-0.3, -0.25) is 4.79 Å². The van der Waals surface area contributed by atoms with Crippen LogP contribution in [0.2, 0.25) is 10.0 Å². The van der Waals surface area contributed by atoms with E-state index in [2.05, 4.69) is 4.98 Å². The molecular weight excluding hydrogens is 245 g/mol. The summed E-state index contributed by atoms with van der Waals surface area (Å²) < 4.78 is 0. The summed E-state index contributed by atoms with van der Waals surface area (Å²) in [6.45, 7) is 1.82. The fraction of sp³-hybridized carbons (Fsp3) is 0.0833. The number of aryl methyl sites for hydroxylation is 1. The van der Waals surface area contributed by atoms with E-state index in [4.69, 9.17) is 23.2 Å². The van der Waals surface area contributed by atoms with Gasteiger partial charge in [-0.15, -0.1) is 0 Å². The molecule has 1 aromatic carbocycles. The number of pyridine rings is 1. The molecular formula is C12H9Cl2NO. The van der Waals surface area contributed by atoms with Crippen LogP contribution in [0.5, 0.6) is 0 Å². The van der Waals surface area contributed by atoms with Crippen LogP contribution in [0.1, 0.15) is 5.69 Å². The van der Waals surface area contributed by atoms with Crippen LogP contribution in [0.3, 0.4) is 0 Å². The number of H-pyrrole nitrogens is 1. The third-order valence-electron chi connectivity index (χ3n) is 2.27. The van der Waals surface area contributed by atoms with Crippen LogP contribution in [0.15, 0.2) is 35.1 Å². The van der Waals surface area contributed by atoms with Crippen LogP contribution in [0.4, 0.5) is 0 Å². The Morgan fingerprint density at radius 3 is 2.50 bits per heavy atom. The van der Waals surface area contributed by atoms with Crippen molar-refractivity contribution in [1.29, 1.82) is 0 Å². The average Bonchev–Trinajstić information content (AvgIpc) is 2.22. The van der Waals surface area contributed by atoms with Gasteiger partial charge in [-0.2, -0.15) is 0 Å². The van der Waals surface area contributed by atoms with Gasteiger partial charge >= 0.3 is 0 Å². The molecule has 82 valence electrons. The molecule has 1 N–H and O–H groups in total. The Kier molecular flexibility index (Phi) is 3.03. The molecule has 4 heteroatoms. The zero-order valence-corrected chi connectivity index (χ0v) is 10.1. The predicted molar refractivity (Wildman–Crippen MR) is 67.3 cm³/mol. The Balaban J connectivity index is 2.67. The highest BCUT2D eigenvalue weighted by Gasteiger charge is 2.08. The molecule has 1 heterocycles. The van der Waals surface area contributed by atoms with Gasteiger partial charge in [0, 0.05) is 26.9 Å². The molecule has 0 radical (unpaired) electrons. The molecule has 16 heavy (non-hydrogen) atoms. The van der Waals surface area contributed by atoms with Gasteiger partial charge in [0.25, 0.3) is 5.56 Å². The SMILES string of the molecule is Cc1ccc(-c2cc(Cl)ccc2Cl)c(=O)[nH]1. The average molecular weight is 254 g/mol. The summed E-state index contributed by atoms with van der Waals surface area (Å²) in [5.41, 5.74) is 1.82. The zero-order chi connectivity index (χ0) is 11.7. The van der Waals surface area contributed by atoms with Crippen molar-refractivity contribution in [2.45, 2.75) is 6.92 Å². The highest BCUT2D eigenvalue weighted by molar-refractivity contribution is 6.35. The second-order valence-electron chi connectivity index (χ2n) is 3.51. The van der Waals surface area contributed by atoms with Gasteiger partial charge in [-0.05, 0) is 37.3 Å². The standard InChI is InChI=1S/C12H9Cl2NO/c1-7-2-4-9(12(16)15-7)10-6-8(13)3-5-11(10)14/h2-6H,1H3,(H,15,16). The van der Waals surface area contributed by atoms with Crippen LogP contribution in [0, 0.1) is 6.92 Å². The minimum Gasteiger partial charge on any atom is -0.326 e. The molecule has 0 amide bonds. The maximum absolute atomic E-state index is 11.7. The summed E-state index contributed by atoms with van der Waals surface area (Å²) in [6, 6.07) is 8.62. The molecule has 0 saturated carbocycles. The molecule has 0 bridgehead atoms. The Labute approximate surface area is 103 Å². The number of nitrogens with one attached hydrogen (secondary N) is 1. The number of hydrogen-bond acceptors (Lipinski definition) is 1. The monoisotopic (exact) mass is 253 g/mol. The zero-order valence-electron chi connectivity index (χ0n) is 8.55. The van der Waals surface area contributed by atoms with Gasteiger partial charge in [-0.1, -0.05) is 23.2 Å². The summed E-state index contributed by atoms with van der Waals surface area (Å²) in [4.78, 5) is 14.5. The third kappa shape index (κ3) is 2.13. The van der Waals surface area contributed by atoms with E-state index in [1.54, 1.807) is 24.3 Å². The lowest BCUT2D eigenvalue weighted by Crippen LogP contribution is -2.09. The van der Waals surface area contributed by atoms with E-state index in [9.17, 15) is 4.79 Å². The highest BCUT2D eigenvalue weighted by atomic mass is 35.5. The van der Waals surface area contributed by atoms with Gasteiger partial charge in [0.15, 0.2) is 0 Å². The summed E-state index contributed by atoms with van der Waals surface area (Å²) in [6.07, 6.45) is 0. The summed E-state index contributed by atoms with van der Waals surface area (Å²) in [5.74, 6) is 0. The predicted octanol–water partition coefficient (Wildman–Crippen LogP) is 3.66. The van der Waals surface area contributed by atoms with E-state index >= 15 is 0 Å². The van der Waals surface area contributed by atoms with Gasteiger partial charge in [-0.25, -0.2) is 0 Å². The highest BCUT2D eigenvalue weighted by Crippen LogP contribution is 2.28. The van der Waals surface area contributed by atoms with Crippen molar-refractivity contribution in [1.82, 2.24) is 4.98 Å². The van der Waals surface area contributed by atoms with Crippen molar-refractivity contribution >= 4 is 23.2 Å². The molecule has 0 aliphatic carbocycles. The molecule has 2 rings (SSSR count). The molecule has 1 aromatic heterocycles. The van der Waals surface area contributed by atoms with Crippen molar-refractivity contribution in [2.75, 3.05) is 0 Å². The number of halogens is 2. The minimum atomic E-state index is -0.163. The van der Waals surface area contributed by atoms with Gasteiger partial charge < -0.3 is 4.98 Å². The second-order valence-corrected chi connectivity index (χ2v) is 4.35. The molecule has 2 aromatic rings. The van der Waals surface area contributed by atoms with Crippen LogP contribution in [-0.2, 0) is 0 Å². The van der Waals surface area contributed by atoms with Crippen LogP contribution in [-0.4, -0.2) is 4.98 Å². The maximum atomic E-state index is 11.7. The molecule has 0 aliphatic heterocycles. The van der Waals surface area contributed by atoms with Crippen molar-refractivity contribution < 1.29 is 0 Å². The second kappa shape index (κ2) is 4.32. The molecule has 0 aliphatic rings. The van der Waals surface area contributed by atoms with Gasteiger partial charge in [0.2, 0.25) is 0 Å². The first-order valence-corrected chi connectivity index (χ1v) is 5.49. The van der Waals surface area contributed by atoms with Crippen molar-refractivity contribution in [3.8, 4) is 11.1 Å². The topological polar surface area (TPSA) is 32.9 Å². The molecule has 0 atom stereocenters.